The van der Waals surface area contributed by atoms with Gasteiger partial charge in [0.15, 0.2) is 0 Å². The van der Waals surface area contributed by atoms with Gasteiger partial charge in [-0.05, 0) is 55.8 Å². The van der Waals surface area contributed by atoms with Gasteiger partial charge in [-0.15, -0.1) is 0 Å². The van der Waals surface area contributed by atoms with Gasteiger partial charge in [0.2, 0.25) is 0 Å². The van der Waals surface area contributed by atoms with E-state index in [0.29, 0.717) is 6.04 Å². The van der Waals surface area contributed by atoms with Crippen LogP contribution in [0.1, 0.15) is 25.3 Å². The fourth-order valence-electron chi connectivity index (χ4n) is 3.00. The van der Waals surface area contributed by atoms with E-state index in [1.807, 2.05) is 19.2 Å². The zero-order valence-corrected chi connectivity index (χ0v) is 15.0. The molecule has 1 aromatic carbocycles. The highest BCUT2D eigenvalue weighted by Crippen LogP contribution is 2.15. The van der Waals surface area contributed by atoms with E-state index in [0.717, 1.165) is 59.7 Å². The van der Waals surface area contributed by atoms with Crippen molar-refractivity contribution in [2.24, 2.45) is 16.5 Å². The lowest BCUT2D eigenvalue weighted by atomic mass is 10.0. The predicted molar refractivity (Wildman–Crippen MR) is 110 cm³/mol. The normalized spacial score (nSPS) is 18.0. The molecule has 25 heavy (non-hydrogen) atoms. The molecule has 2 rings (SSSR count). The zero-order valence-electron chi connectivity index (χ0n) is 15.0. The number of hydrogen-bond acceptors (Lipinski definition) is 5. The lowest BCUT2D eigenvalue weighted by Crippen LogP contribution is -2.38. The van der Waals surface area contributed by atoms with Crippen molar-refractivity contribution in [1.29, 1.82) is 0 Å². The van der Waals surface area contributed by atoms with Crippen LogP contribution < -0.4 is 32.5 Å². The Bertz CT molecular complexity index is 755. The minimum Gasteiger partial charge on any atom is -0.404 e. The minimum atomic E-state index is 0.432. The molecule has 1 aliphatic rings. The molecule has 1 aliphatic heterocycles. The Balaban J connectivity index is 2.53. The third kappa shape index (κ3) is 4.97. The first-order chi connectivity index (χ1) is 12.2. The molecular formula is C20H29N5. The molecule has 0 unspecified atom stereocenters. The molecule has 0 radical (unpaired) electrons. The molecule has 6 N–H and O–H groups in total. The number of rotatable bonds is 6. The second-order valence-electron chi connectivity index (χ2n) is 6.01. The second kappa shape index (κ2) is 9.69. The summed E-state index contributed by atoms with van der Waals surface area (Å²) in [6.45, 7) is 8.59. The van der Waals surface area contributed by atoms with E-state index in [1.54, 1.807) is 18.5 Å². The quantitative estimate of drug-likeness (QED) is 0.580. The van der Waals surface area contributed by atoms with E-state index >= 15 is 0 Å². The summed E-state index contributed by atoms with van der Waals surface area (Å²) in [6.07, 6.45) is 11.0. The van der Waals surface area contributed by atoms with Crippen molar-refractivity contribution in [2.75, 3.05) is 25.0 Å². The molecule has 134 valence electrons. The Labute approximate surface area is 149 Å². The largest absolute Gasteiger partial charge is 0.404 e. The smallest absolute Gasteiger partial charge is 0.0442 e. The summed E-state index contributed by atoms with van der Waals surface area (Å²) in [6, 6.07) is 4.59. The number of nitrogens with zero attached hydrogens (tertiary/aromatic N) is 1. The fraction of sp³-hybridized carbons (Fsp3) is 0.350. The summed E-state index contributed by atoms with van der Waals surface area (Å²) in [5.41, 5.74) is 14.7. The van der Waals surface area contributed by atoms with E-state index < -0.39 is 0 Å². The first kappa shape index (κ1) is 18.8. The van der Waals surface area contributed by atoms with Gasteiger partial charge in [-0.1, -0.05) is 18.7 Å². The van der Waals surface area contributed by atoms with Crippen LogP contribution in [0.4, 0.5) is 5.69 Å². The van der Waals surface area contributed by atoms with Gasteiger partial charge in [-0.3, -0.25) is 4.99 Å². The van der Waals surface area contributed by atoms with E-state index in [2.05, 4.69) is 34.3 Å². The number of nitrogens with two attached hydrogens (primary N) is 2. The molecule has 0 saturated carbocycles. The van der Waals surface area contributed by atoms with Crippen LogP contribution in [0, 0.1) is 0 Å². The van der Waals surface area contributed by atoms with Crippen LogP contribution in [0.15, 0.2) is 36.0 Å². The summed E-state index contributed by atoms with van der Waals surface area (Å²) in [5, 5.41) is 9.03. The van der Waals surface area contributed by atoms with Gasteiger partial charge < -0.3 is 22.1 Å². The van der Waals surface area contributed by atoms with Gasteiger partial charge in [-0.25, -0.2) is 0 Å². The third-order valence-electron chi connectivity index (χ3n) is 4.30. The Hall–Kier alpha value is -2.53. The molecule has 0 aliphatic carbocycles. The number of aliphatic imine (C=N–C) groups is 1. The zero-order chi connectivity index (χ0) is 18.1. The van der Waals surface area contributed by atoms with Gasteiger partial charge in [0.05, 0.1) is 0 Å². The molecular weight excluding hydrogens is 310 g/mol. The number of nitrogens with one attached hydrogen (secondary N) is 2. The van der Waals surface area contributed by atoms with Crippen LogP contribution in [-0.2, 0) is 0 Å². The first-order valence-electron chi connectivity index (χ1n) is 8.81. The van der Waals surface area contributed by atoms with Crippen molar-refractivity contribution < 1.29 is 0 Å². The summed E-state index contributed by atoms with van der Waals surface area (Å²) >= 11 is 0. The van der Waals surface area contributed by atoms with Crippen molar-refractivity contribution >= 4 is 29.8 Å². The maximum atomic E-state index is 5.93. The maximum absolute atomic E-state index is 5.93. The Kier molecular flexibility index (Phi) is 7.29. The van der Waals surface area contributed by atoms with Crippen LogP contribution in [0.3, 0.4) is 0 Å². The molecule has 1 aromatic rings. The Morgan fingerprint density at radius 2 is 2.12 bits per heavy atom. The van der Waals surface area contributed by atoms with Crippen LogP contribution >= 0.6 is 0 Å². The Morgan fingerprint density at radius 3 is 2.72 bits per heavy atom. The van der Waals surface area contributed by atoms with Crippen LogP contribution in [0.2, 0.25) is 0 Å². The average molecular weight is 339 g/mol. The number of allylic oxidation sites excluding steroid dienone is 2. The van der Waals surface area contributed by atoms with Crippen LogP contribution in [0.25, 0.3) is 17.8 Å². The van der Waals surface area contributed by atoms with Crippen molar-refractivity contribution in [1.82, 2.24) is 5.32 Å². The van der Waals surface area contributed by atoms with Gasteiger partial charge >= 0.3 is 0 Å². The molecule has 1 heterocycles. The fourth-order valence-corrected chi connectivity index (χ4v) is 3.00. The minimum absolute atomic E-state index is 0.432. The summed E-state index contributed by atoms with van der Waals surface area (Å²) in [4.78, 5) is 4.32. The van der Waals surface area contributed by atoms with Crippen LogP contribution in [-0.4, -0.2) is 31.9 Å². The number of piperidine rings is 1. The molecule has 0 amide bonds. The topological polar surface area (TPSA) is 88.5 Å². The van der Waals surface area contributed by atoms with Crippen LogP contribution in [0.5, 0.6) is 0 Å². The van der Waals surface area contributed by atoms with Crippen molar-refractivity contribution in [2.45, 2.75) is 25.8 Å². The second-order valence-corrected chi connectivity index (χ2v) is 6.01. The number of anilines is 1. The summed E-state index contributed by atoms with van der Waals surface area (Å²) in [7, 11) is 0. The molecule has 0 atom stereocenters. The number of hydrogen-bond donors (Lipinski definition) is 4. The summed E-state index contributed by atoms with van der Waals surface area (Å²) < 4.78 is 0. The van der Waals surface area contributed by atoms with Crippen molar-refractivity contribution in [3.05, 3.63) is 47.0 Å². The van der Waals surface area contributed by atoms with E-state index in [1.165, 1.54) is 0 Å². The maximum Gasteiger partial charge on any atom is 0.0442 e. The number of benzene rings is 1. The molecule has 5 nitrogen and oxygen atoms in total. The molecule has 1 fully saturated rings. The van der Waals surface area contributed by atoms with Crippen molar-refractivity contribution in [3.63, 3.8) is 0 Å². The SMILES string of the molecule is C=C/C=c1/cc(C(C=NCC)=CN)cc(NC2CCNCC2)/c1=C/N. The summed E-state index contributed by atoms with van der Waals surface area (Å²) in [5.74, 6) is 0. The lowest BCUT2D eigenvalue weighted by Gasteiger charge is -2.25. The monoisotopic (exact) mass is 339 g/mol. The van der Waals surface area contributed by atoms with Crippen molar-refractivity contribution in [3.8, 4) is 0 Å². The molecule has 1 saturated heterocycles. The Morgan fingerprint density at radius 1 is 1.36 bits per heavy atom. The highest BCUT2D eigenvalue weighted by Gasteiger charge is 2.14. The van der Waals surface area contributed by atoms with Gasteiger partial charge in [0.1, 0.15) is 0 Å². The molecule has 0 aromatic heterocycles. The molecule has 0 spiro atoms. The van der Waals surface area contributed by atoms with E-state index in [4.69, 9.17) is 11.5 Å². The van der Waals surface area contributed by atoms with Gasteiger partial charge in [-0.2, -0.15) is 0 Å². The highest BCUT2D eigenvalue weighted by atomic mass is 15.0. The van der Waals surface area contributed by atoms with Gasteiger partial charge in [0, 0.05) is 47.7 Å². The highest BCUT2D eigenvalue weighted by molar-refractivity contribution is 6.09. The lowest BCUT2D eigenvalue weighted by molar-refractivity contribution is 0.479. The van der Waals surface area contributed by atoms with E-state index in [-0.39, 0.29) is 0 Å². The predicted octanol–water partition coefficient (Wildman–Crippen LogP) is 0.904. The standard InChI is InChI=1S/C20H29N5/c1-3-5-15-10-16(17(12-21)14-23-4-2)11-20(19(15)13-22)25-18-6-8-24-9-7-18/h3,5,10-14,18,24-25H,1,4,6-9,21-22H2,2H3/b15-5-,17-12?,19-13+,23-14?. The average Bonchev–Trinajstić information content (AvgIpc) is 2.63. The molecule has 5 heteroatoms. The van der Waals surface area contributed by atoms with Gasteiger partial charge in [0.25, 0.3) is 0 Å². The van der Waals surface area contributed by atoms with E-state index in [9.17, 15) is 0 Å². The third-order valence-corrected chi connectivity index (χ3v) is 4.30. The molecule has 0 bridgehead atoms. The first-order valence-corrected chi connectivity index (χ1v) is 8.81.